The van der Waals surface area contributed by atoms with Crippen molar-refractivity contribution in [2.45, 2.75) is 18.6 Å². The van der Waals surface area contributed by atoms with Crippen LogP contribution in [-0.4, -0.2) is 18.5 Å². The Morgan fingerprint density at radius 2 is 2.06 bits per heavy atom. The predicted octanol–water partition coefficient (Wildman–Crippen LogP) is 2.53. The van der Waals surface area contributed by atoms with Crippen LogP contribution in [0.4, 0.5) is 18.9 Å². The molecule has 1 aromatic rings. The number of amides is 1. The summed E-state index contributed by atoms with van der Waals surface area (Å²) >= 11 is 3.15. The molecule has 2 N–H and O–H groups in total. The molecule has 0 aliphatic carbocycles. The minimum Gasteiger partial charge on any atom is -0.320 e. The van der Waals surface area contributed by atoms with Gasteiger partial charge in [0.05, 0.1) is 17.3 Å². The van der Waals surface area contributed by atoms with Crippen LogP contribution in [-0.2, 0) is 11.0 Å². The van der Waals surface area contributed by atoms with Crippen LogP contribution in [0, 0.1) is 0 Å². The molecule has 98 valence electrons. The van der Waals surface area contributed by atoms with Gasteiger partial charge in [-0.1, -0.05) is 0 Å². The number of hydrogen-bond acceptors (Lipinski definition) is 2. The van der Waals surface area contributed by atoms with Crippen molar-refractivity contribution in [3.63, 3.8) is 0 Å². The molecular formula is C11H10BrF3N2O. The van der Waals surface area contributed by atoms with Crippen LogP contribution in [0.2, 0.25) is 0 Å². The zero-order chi connectivity index (χ0) is 13.5. The van der Waals surface area contributed by atoms with E-state index in [0.29, 0.717) is 17.4 Å². The molecule has 1 unspecified atom stereocenters. The maximum atomic E-state index is 12.6. The van der Waals surface area contributed by atoms with E-state index in [1.165, 1.54) is 11.0 Å². The quantitative estimate of drug-likeness (QED) is 0.863. The fourth-order valence-electron chi connectivity index (χ4n) is 1.84. The first-order chi connectivity index (χ1) is 8.30. The number of nitrogens with zero attached hydrogens (tertiary/aromatic N) is 1. The number of halogens is 4. The second kappa shape index (κ2) is 4.55. The van der Waals surface area contributed by atoms with Crippen molar-refractivity contribution in [3.8, 4) is 0 Å². The molecule has 7 heteroatoms. The number of benzene rings is 1. The van der Waals surface area contributed by atoms with Gasteiger partial charge in [0.25, 0.3) is 0 Å². The minimum absolute atomic E-state index is 0.211. The molecule has 0 spiro atoms. The van der Waals surface area contributed by atoms with Crippen LogP contribution in [0.15, 0.2) is 22.7 Å². The molecule has 3 nitrogen and oxygen atoms in total. The Balaban J connectivity index is 2.42. The monoisotopic (exact) mass is 322 g/mol. The van der Waals surface area contributed by atoms with Crippen molar-refractivity contribution in [3.05, 3.63) is 28.2 Å². The summed E-state index contributed by atoms with van der Waals surface area (Å²) in [5.74, 6) is -0.352. The van der Waals surface area contributed by atoms with Crippen LogP contribution in [0.25, 0.3) is 0 Å². The van der Waals surface area contributed by atoms with E-state index in [-0.39, 0.29) is 11.6 Å². The zero-order valence-corrected chi connectivity index (χ0v) is 10.8. The molecule has 1 atom stereocenters. The molecule has 0 saturated carbocycles. The third kappa shape index (κ3) is 2.37. The maximum absolute atomic E-state index is 12.6. The lowest BCUT2D eigenvalue weighted by molar-refractivity contribution is -0.137. The Morgan fingerprint density at radius 3 is 2.56 bits per heavy atom. The second-order valence-corrected chi connectivity index (χ2v) is 4.90. The van der Waals surface area contributed by atoms with E-state index < -0.39 is 17.8 Å². The van der Waals surface area contributed by atoms with E-state index in [0.717, 1.165) is 12.1 Å². The number of carbonyl (C=O) groups is 1. The first-order valence-corrected chi connectivity index (χ1v) is 6.03. The van der Waals surface area contributed by atoms with Crippen molar-refractivity contribution in [1.82, 2.24) is 0 Å². The summed E-state index contributed by atoms with van der Waals surface area (Å²) in [4.78, 5) is 13.0. The van der Waals surface area contributed by atoms with Gasteiger partial charge in [-0.25, -0.2) is 0 Å². The first kappa shape index (κ1) is 13.4. The van der Waals surface area contributed by atoms with Gasteiger partial charge >= 0.3 is 6.18 Å². The van der Waals surface area contributed by atoms with E-state index in [4.69, 9.17) is 5.73 Å². The molecule has 1 saturated heterocycles. The van der Waals surface area contributed by atoms with Crippen molar-refractivity contribution in [2.24, 2.45) is 5.73 Å². The average molecular weight is 323 g/mol. The highest BCUT2D eigenvalue weighted by Gasteiger charge is 2.34. The number of anilines is 1. The van der Waals surface area contributed by atoms with Gasteiger partial charge in [0.15, 0.2) is 0 Å². The SMILES string of the molecule is NC1CCN(c2cc(C(F)(F)F)ccc2Br)C1=O. The molecule has 1 aromatic carbocycles. The van der Waals surface area contributed by atoms with E-state index in [9.17, 15) is 18.0 Å². The van der Waals surface area contributed by atoms with Crippen LogP contribution < -0.4 is 10.6 Å². The third-order valence-corrected chi connectivity index (χ3v) is 3.48. The molecule has 0 radical (unpaired) electrons. The van der Waals surface area contributed by atoms with Gasteiger partial charge in [-0.05, 0) is 40.5 Å². The van der Waals surface area contributed by atoms with Gasteiger partial charge in [-0.3, -0.25) is 4.79 Å². The van der Waals surface area contributed by atoms with Gasteiger partial charge in [0.1, 0.15) is 0 Å². The second-order valence-electron chi connectivity index (χ2n) is 4.05. The molecule has 18 heavy (non-hydrogen) atoms. The maximum Gasteiger partial charge on any atom is 0.416 e. The van der Waals surface area contributed by atoms with Crippen LogP contribution >= 0.6 is 15.9 Å². The van der Waals surface area contributed by atoms with E-state index >= 15 is 0 Å². The van der Waals surface area contributed by atoms with Gasteiger partial charge < -0.3 is 10.6 Å². The van der Waals surface area contributed by atoms with Gasteiger partial charge in [-0.15, -0.1) is 0 Å². The van der Waals surface area contributed by atoms with Crippen LogP contribution in [0.5, 0.6) is 0 Å². The van der Waals surface area contributed by atoms with Crippen LogP contribution in [0.1, 0.15) is 12.0 Å². The summed E-state index contributed by atoms with van der Waals surface area (Å²) in [6, 6.07) is 2.58. The smallest absolute Gasteiger partial charge is 0.320 e. The fourth-order valence-corrected chi connectivity index (χ4v) is 2.30. The van der Waals surface area contributed by atoms with E-state index in [1.807, 2.05) is 0 Å². The number of nitrogens with two attached hydrogens (primary N) is 1. The topological polar surface area (TPSA) is 46.3 Å². The highest BCUT2D eigenvalue weighted by molar-refractivity contribution is 9.10. The highest BCUT2D eigenvalue weighted by Crippen LogP contribution is 2.36. The lowest BCUT2D eigenvalue weighted by Crippen LogP contribution is -2.34. The van der Waals surface area contributed by atoms with Gasteiger partial charge in [-0.2, -0.15) is 13.2 Å². The number of hydrogen-bond donors (Lipinski definition) is 1. The third-order valence-electron chi connectivity index (χ3n) is 2.81. The summed E-state index contributed by atoms with van der Waals surface area (Å²) in [6.07, 6.45) is -3.98. The minimum atomic E-state index is -4.43. The molecule has 0 aromatic heterocycles. The zero-order valence-electron chi connectivity index (χ0n) is 9.17. The molecule has 1 amide bonds. The molecule has 1 aliphatic rings. The standard InChI is InChI=1S/C11H10BrF3N2O/c12-7-2-1-6(11(13,14)15)5-9(7)17-4-3-8(16)10(17)18/h1-2,5,8H,3-4,16H2. The molecule has 0 bridgehead atoms. The highest BCUT2D eigenvalue weighted by atomic mass is 79.9. The lowest BCUT2D eigenvalue weighted by atomic mass is 10.2. The van der Waals surface area contributed by atoms with Crippen LogP contribution in [0.3, 0.4) is 0 Å². The van der Waals surface area contributed by atoms with Crippen molar-refractivity contribution < 1.29 is 18.0 Å². The van der Waals surface area contributed by atoms with Gasteiger partial charge in [0, 0.05) is 11.0 Å². The summed E-state index contributed by atoms with van der Waals surface area (Å²) < 4.78 is 38.3. The van der Waals surface area contributed by atoms with Crippen molar-refractivity contribution >= 4 is 27.5 Å². The Kier molecular flexibility index (Phi) is 3.37. The first-order valence-electron chi connectivity index (χ1n) is 5.24. The summed E-state index contributed by atoms with van der Waals surface area (Å²) in [5, 5.41) is 0. The molecule has 1 fully saturated rings. The Hall–Kier alpha value is -1.08. The Bertz CT molecular complexity index is 490. The Morgan fingerprint density at radius 1 is 1.39 bits per heavy atom. The molecular weight excluding hydrogens is 313 g/mol. The molecule has 2 rings (SSSR count). The number of alkyl halides is 3. The van der Waals surface area contributed by atoms with E-state index in [1.54, 1.807) is 0 Å². The predicted molar refractivity (Wildman–Crippen MR) is 64.1 cm³/mol. The number of carbonyl (C=O) groups excluding carboxylic acids is 1. The lowest BCUT2D eigenvalue weighted by Gasteiger charge is -2.19. The van der Waals surface area contributed by atoms with Crippen molar-refractivity contribution in [1.29, 1.82) is 0 Å². The Labute approximate surface area is 110 Å². The van der Waals surface area contributed by atoms with E-state index in [2.05, 4.69) is 15.9 Å². The number of rotatable bonds is 1. The summed E-state index contributed by atoms with van der Waals surface area (Å²) in [6.45, 7) is 0.333. The molecule has 1 heterocycles. The average Bonchev–Trinajstić information content (AvgIpc) is 2.59. The van der Waals surface area contributed by atoms with Crippen molar-refractivity contribution in [2.75, 3.05) is 11.4 Å². The molecule has 1 aliphatic heterocycles. The van der Waals surface area contributed by atoms with Gasteiger partial charge in [0.2, 0.25) is 5.91 Å². The largest absolute Gasteiger partial charge is 0.416 e. The summed E-state index contributed by atoms with van der Waals surface area (Å²) in [7, 11) is 0. The normalized spacial score (nSPS) is 20.6. The fraction of sp³-hybridized carbons (Fsp3) is 0.364. The summed E-state index contributed by atoms with van der Waals surface area (Å²) in [5.41, 5.74) is 4.98.